The number of amides is 1. The molecule has 0 saturated carbocycles. The summed E-state index contributed by atoms with van der Waals surface area (Å²) in [6, 6.07) is 4.07. The molecule has 1 amide bonds. The molecule has 0 radical (unpaired) electrons. The Hall–Kier alpha value is -1.64. The van der Waals surface area contributed by atoms with Crippen molar-refractivity contribution in [3.05, 3.63) is 22.4 Å². The Labute approximate surface area is 147 Å². The molecule has 0 bridgehead atoms. The first kappa shape index (κ1) is 18.7. The van der Waals surface area contributed by atoms with E-state index in [1.54, 1.807) is 25.4 Å². The summed E-state index contributed by atoms with van der Waals surface area (Å²) < 4.78 is 11.2. The molecule has 1 aliphatic rings. The topological polar surface area (TPSA) is 75.2 Å². The largest absolute Gasteiger partial charge is 0.356 e. The number of carbonyl (C=O) groups excluding carboxylic acids is 1. The van der Waals surface area contributed by atoms with Gasteiger partial charge < -0.3 is 25.0 Å². The molecule has 2 heterocycles. The highest BCUT2D eigenvalue weighted by Crippen LogP contribution is 2.21. The number of rotatable bonds is 7. The van der Waals surface area contributed by atoms with Crippen LogP contribution >= 0.6 is 11.3 Å². The van der Waals surface area contributed by atoms with Gasteiger partial charge in [-0.1, -0.05) is 6.07 Å². The van der Waals surface area contributed by atoms with E-state index < -0.39 is 5.79 Å². The third-order valence-corrected chi connectivity index (χ3v) is 4.53. The summed E-state index contributed by atoms with van der Waals surface area (Å²) in [5.41, 5.74) is 0. The summed E-state index contributed by atoms with van der Waals surface area (Å²) in [5.74, 6) is 0.0348. The summed E-state index contributed by atoms with van der Waals surface area (Å²) in [6.45, 7) is 4.62. The third kappa shape index (κ3) is 6.10. The van der Waals surface area contributed by atoms with E-state index in [1.165, 1.54) is 9.78 Å². The molecular formula is C16H26N4O3S. The summed E-state index contributed by atoms with van der Waals surface area (Å²) in [7, 11) is 3.44. The van der Waals surface area contributed by atoms with Crippen LogP contribution in [0.15, 0.2) is 22.5 Å². The molecule has 1 saturated heterocycles. The van der Waals surface area contributed by atoms with Gasteiger partial charge in [-0.15, -0.1) is 11.3 Å². The van der Waals surface area contributed by atoms with Gasteiger partial charge in [0, 0.05) is 31.9 Å². The lowest BCUT2D eigenvalue weighted by Crippen LogP contribution is -2.41. The average Bonchev–Trinajstić information content (AvgIpc) is 3.21. The number of hydrogen-bond acceptors (Lipinski definition) is 5. The molecule has 8 heteroatoms. The fourth-order valence-corrected chi connectivity index (χ4v) is 2.80. The van der Waals surface area contributed by atoms with E-state index in [-0.39, 0.29) is 12.5 Å². The highest BCUT2D eigenvalue weighted by Gasteiger charge is 2.30. The van der Waals surface area contributed by atoms with E-state index in [2.05, 4.69) is 21.7 Å². The highest BCUT2D eigenvalue weighted by atomic mass is 32.1. The zero-order chi connectivity index (χ0) is 17.4. The first-order valence-electron chi connectivity index (χ1n) is 8.01. The van der Waals surface area contributed by atoms with Gasteiger partial charge in [0.15, 0.2) is 11.7 Å². The third-order valence-electron chi connectivity index (χ3n) is 3.65. The number of guanidine groups is 1. The lowest BCUT2D eigenvalue weighted by Gasteiger charge is -2.23. The van der Waals surface area contributed by atoms with Gasteiger partial charge in [-0.2, -0.15) is 0 Å². The predicted molar refractivity (Wildman–Crippen MR) is 95.1 cm³/mol. The van der Waals surface area contributed by atoms with Crippen LogP contribution < -0.4 is 10.6 Å². The number of likely N-dealkylation sites (N-methyl/N-ethyl adjacent to an activating group) is 1. The Morgan fingerprint density at radius 1 is 1.38 bits per heavy atom. The second-order valence-corrected chi connectivity index (χ2v) is 6.93. The zero-order valence-corrected chi connectivity index (χ0v) is 15.3. The molecule has 1 fully saturated rings. The van der Waals surface area contributed by atoms with Crippen LogP contribution in [-0.2, 0) is 20.8 Å². The van der Waals surface area contributed by atoms with Gasteiger partial charge in [0.2, 0.25) is 5.91 Å². The number of aliphatic imine (C=N–C) groups is 1. The SMILES string of the molecule is CN(C)C(=O)CN=C(NCCC1(C)OCCO1)NCc1cccs1. The minimum atomic E-state index is -0.536. The number of hydrogen-bond donors (Lipinski definition) is 2. The minimum absolute atomic E-state index is 0.0401. The van der Waals surface area contributed by atoms with E-state index in [9.17, 15) is 4.79 Å². The van der Waals surface area contributed by atoms with Crippen LogP contribution in [0.5, 0.6) is 0 Å². The number of thiophene rings is 1. The number of nitrogens with zero attached hydrogens (tertiary/aromatic N) is 2. The van der Waals surface area contributed by atoms with E-state index in [4.69, 9.17) is 9.47 Å². The quantitative estimate of drug-likeness (QED) is 0.565. The number of ether oxygens (including phenoxy) is 2. The van der Waals surface area contributed by atoms with Crippen molar-refractivity contribution >= 4 is 23.2 Å². The van der Waals surface area contributed by atoms with Gasteiger partial charge in [0.25, 0.3) is 0 Å². The second-order valence-electron chi connectivity index (χ2n) is 5.89. The fraction of sp³-hybridized carbons (Fsp3) is 0.625. The van der Waals surface area contributed by atoms with Crippen molar-refractivity contribution in [2.45, 2.75) is 25.7 Å². The predicted octanol–water partition coefficient (Wildman–Crippen LogP) is 1.02. The van der Waals surface area contributed by atoms with Gasteiger partial charge >= 0.3 is 0 Å². The summed E-state index contributed by atoms with van der Waals surface area (Å²) >= 11 is 1.68. The van der Waals surface area contributed by atoms with Gasteiger partial charge in [0.1, 0.15) is 6.54 Å². The lowest BCUT2D eigenvalue weighted by atomic mass is 10.2. The van der Waals surface area contributed by atoms with E-state index in [1.807, 2.05) is 18.4 Å². The van der Waals surface area contributed by atoms with E-state index in [0.717, 1.165) is 0 Å². The van der Waals surface area contributed by atoms with E-state index in [0.29, 0.717) is 38.7 Å². The fourth-order valence-electron chi connectivity index (χ4n) is 2.16. The molecule has 1 aromatic rings. The molecule has 2 rings (SSSR count). The van der Waals surface area contributed by atoms with Crippen molar-refractivity contribution in [1.29, 1.82) is 0 Å². The summed E-state index contributed by atoms with van der Waals surface area (Å²) in [5, 5.41) is 8.53. The molecule has 134 valence electrons. The van der Waals surface area contributed by atoms with Crippen molar-refractivity contribution in [1.82, 2.24) is 15.5 Å². The van der Waals surface area contributed by atoms with Crippen LogP contribution in [0.2, 0.25) is 0 Å². The molecular weight excluding hydrogens is 328 g/mol. The van der Waals surface area contributed by atoms with Gasteiger partial charge in [-0.05, 0) is 18.4 Å². The first-order chi connectivity index (χ1) is 11.5. The standard InChI is InChI=1S/C16H26N4O3S/c1-16(22-8-9-23-16)6-7-17-15(19-12-14(21)20(2)3)18-11-13-5-4-10-24-13/h4-5,10H,6-9,11-12H2,1-3H3,(H2,17,18,19). The molecule has 7 nitrogen and oxygen atoms in total. The second kappa shape index (κ2) is 9.00. The molecule has 2 N–H and O–H groups in total. The smallest absolute Gasteiger partial charge is 0.243 e. The zero-order valence-electron chi connectivity index (χ0n) is 14.5. The normalized spacial score (nSPS) is 16.9. The van der Waals surface area contributed by atoms with Crippen LogP contribution in [0.3, 0.4) is 0 Å². The molecule has 1 aliphatic heterocycles. The van der Waals surface area contributed by atoms with Crippen molar-refractivity contribution < 1.29 is 14.3 Å². The van der Waals surface area contributed by atoms with Crippen LogP contribution in [0.25, 0.3) is 0 Å². The molecule has 24 heavy (non-hydrogen) atoms. The maximum Gasteiger partial charge on any atom is 0.243 e. The number of nitrogens with one attached hydrogen (secondary N) is 2. The Bertz CT molecular complexity index is 540. The van der Waals surface area contributed by atoms with Crippen molar-refractivity contribution in [3.63, 3.8) is 0 Å². The van der Waals surface area contributed by atoms with Crippen molar-refractivity contribution in [2.24, 2.45) is 4.99 Å². The van der Waals surface area contributed by atoms with Crippen LogP contribution in [0, 0.1) is 0 Å². The number of carbonyl (C=O) groups is 1. The summed E-state index contributed by atoms with van der Waals surface area (Å²) in [4.78, 5) is 18.8. The van der Waals surface area contributed by atoms with Crippen LogP contribution in [-0.4, -0.2) is 63.0 Å². The van der Waals surface area contributed by atoms with Crippen molar-refractivity contribution in [2.75, 3.05) is 40.4 Å². The lowest BCUT2D eigenvalue weighted by molar-refractivity contribution is -0.145. The molecule has 0 atom stereocenters. The summed E-state index contributed by atoms with van der Waals surface area (Å²) in [6.07, 6.45) is 0.703. The minimum Gasteiger partial charge on any atom is -0.356 e. The van der Waals surface area contributed by atoms with Gasteiger partial charge in [-0.25, -0.2) is 4.99 Å². The molecule has 1 aromatic heterocycles. The molecule has 0 aromatic carbocycles. The van der Waals surface area contributed by atoms with Gasteiger partial charge in [-0.3, -0.25) is 4.79 Å². The van der Waals surface area contributed by atoms with Gasteiger partial charge in [0.05, 0.1) is 19.8 Å². The average molecular weight is 354 g/mol. The molecule has 0 unspecified atom stereocenters. The Kier molecular flexibility index (Phi) is 7.01. The highest BCUT2D eigenvalue weighted by molar-refractivity contribution is 7.09. The van der Waals surface area contributed by atoms with Crippen LogP contribution in [0.4, 0.5) is 0 Å². The Morgan fingerprint density at radius 3 is 2.75 bits per heavy atom. The van der Waals surface area contributed by atoms with E-state index >= 15 is 0 Å². The first-order valence-corrected chi connectivity index (χ1v) is 8.89. The van der Waals surface area contributed by atoms with Crippen LogP contribution in [0.1, 0.15) is 18.2 Å². The Morgan fingerprint density at radius 2 is 2.12 bits per heavy atom. The molecule has 0 aliphatic carbocycles. The van der Waals surface area contributed by atoms with Crippen molar-refractivity contribution in [3.8, 4) is 0 Å². The Balaban J connectivity index is 1.85. The maximum atomic E-state index is 11.7. The maximum absolute atomic E-state index is 11.7. The molecule has 0 spiro atoms. The monoisotopic (exact) mass is 354 g/mol.